The molecule has 1 saturated heterocycles. The predicted molar refractivity (Wildman–Crippen MR) is 76.0 cm³/mol. The summed E-state index contributed by atoms with van der Waals surface area (Å²) in [6, 6.07) is 5.60. The highest BCUT2D eigenvalue weighted by atomic mass is 16.5. The summed E-state index contributed by atoms with van der Waals surface area (Å²) < 4.78 is 10.5. The second-order valence-corrected chi connectivity index (χ2v) is 4.62. The first kappa shape index (κ1) is 15.0. The van der Waals surface area contributed by atoms with Crippen LogP contribution in [0.25, 0.3) is 0 Å². The Bertz CT molecular complexity index is 538. The highest BCUT2D eigenvalue weighted by Crippen LogP contribution is 2.31. The molecule has 0 radical (unpaired) electrons. The number of carboxylic acid groups (broad SMARTS) is 1. The largest absolute Gasteiger partial charge is 0.493 e. The monoisotopic (exact) mass is 294 g/mol. The highest BCUT2D eigenvalue weighted by molar-refractivity contribution is 6.31. The maximum atomic E-state index is 11.4. The lowest BCUT2D eigenvalue weighted by Crippen LogP contribution is -2.50. The van der Waals surface area contributed by atoms with E-state index >= 15 is 0 Å². The van der Waals surface area contributed by atoms with Crippen molar-refractivity contribution in [3.05, 3.63) is 18.2 Å². The first-order chi connectivity index (χ1) is 10.1. The van der Waals surface area contributed by atoms with Crippen LogP contribution in [0.15, 0.2) is 18.2 Å². The quantitative estimate of drug-likeness (QED) is 0.815. The zero-order valence-electron chi connectivity index (χ0n) is 12.0. The van der Waals surface area contributed by atoms with Crippen molar-refractivity contribution in [1.29, 1.82) is 0 Å². The minimum absolute atomic E-state index is 0.388. The van der Waals surface area contributed by atoms with E-state index in [1.807, 2.05) is 18.2 Å². The molecule has 0 saturated carbocycles. The number of benzene rings is 1. The van der Waals surface area contributed by atoms with Crippen LogP contribution in [-0.4, -0.2) is 62.3 Å². The van der Waals surface area contributed by atoms with E-state index in [0.29, 0.717) is 37.7 Å². The van der Waals surface area contributed by atoms with Crippen molar-refractivity contribution < 1.29 is 24.2 Å². The molecule has 7 nitrogen and oxygen atoms in total. The van der Waals surface area contributed by atoms with Gasteiger partial charge in [-0.3, -0.25) is 4.79 Å². The van der Waals surface area contributed by atoms with Crippen LogP contribution in [0.4, 0.5) is 5.69 Å². The van der Waals surface area contributed by atoms with Crippen LogP contribution in [0.2, 0.25) is 0 Å². The number of ether oxygens (including phenoxy) is 2. The minimum atomic E-state index is -1.41. The van der Waals surface area contributed by atoms with Gasteiger partial charge in [0.15, 0.2) is 11.5 Å². The smallest absolute Gasteiger partial charge is 0.394 e. The fourth-order valence-corrected chi connectivity index (χ4v) is 2.32. The third kappa shape index (κ3) is 3.18. The molecular weight excluding hydrogens is 276 g/mol. The molecule has 0 spiro atoms. The molecule has 21 heavy (non-hydrogen) atoms. The molecule has 2 rings (SSSR count). The molecule has 1 aromatic carbocycles. The molecule has 1 aliphatic heterocycles. The Labute approximate surface area is 122 Å². The first-order valence-electron chi connectivity index (χ1n) is 6.56. The fourth-order valence-electron chi connectivity index (χ4n) is 2.32. The van der Waals surface area contributed by atoms with E-state index in [1.165, 1.54) is 4.90 Å². The first-order valence-corrected chi connectivity index (χ1v) is 6.56. The fraction of sp³-hybridized carbons (Fsp3) is 0.429. The standard InChI is InChI=1S/C14H18N2O5/c1-20-11-4-3-10(9-12(11)21-2)15-5-7-16(8-6-15)13(17)14(18)19/h3-4,9H,5-8H2,1-2H3,(H,18,19). The third-order valence-corrected chi connectivity index (χ3v) is 3.48. The summed E-state index contributed by atoms with van der Waals surface area (Å²) in [5.74, 6) is -0.962. The van der Waals surface area contributed by atoms with Gasteiger partial charge in [0.2, 0.25) is 0 Å². The number of rotatable bonds is 3. The Morgan fingerprint density at radius 3 is 2.19 bits per heavy atom. The molecule has 114 valence electrons. The molecule has 1 heterocycles. The number of carboxylic acids is 1. The van der Waals surface area contributed by atoms with Crippen molar-refractivity contribution in [2.75, 3.05) is 45.3 Å². The third-order valence-electron chi connectivity index (χ3n) is 3.48. The van der Waals surface area contributed by atoms with E-state index in [0.717, 1.165) is 5.69 Å². The average molecular weight is 294 g/mol. The molecular formula is C14H18N2O5. The van der Waals surface area contributed by atoms with Gasteiger partial charge in [-0.1, -0.05) is 0 Å². The van der Waals surface area contributed by atoms with Gasteiger partial charge in [0.25, 0.3) is 0 Å². The van der Waals surface area contributed by atoms with Gasteiger partial charge in [0.05, 0.1) is 14.2 Å². The van der Waals surface area contributed by atoms with E-state index < -0.39 is 11.9 Å². The van der Waals surface area contributed by atoms with Crippen LogP contribution in [-0.2, 0) is 9.59 Å². The van der Waals surface area contributed by atoms with Crippen LogP contribution >= 0.6 is 0 Å². The van der Waals surface area contributed by atoms with Gasteiger partial charge < -0.3 is 24.4 Å². The summed E-state index contributed by atoms with van der Waals surface area (Å²) in [5.41, 5.74) is 0.954. The summed E-state index contributed by atoms with van der Waals surface area (Å²) in [6.07, 6.45) is 0. The van der Waals surface area contributed by atoms with Crippen molar-refractivity contribution in [3.8, 4) is 11.5 Å². The van der Waals surface area contributed by atoms with Gasteiger partial charge in [-0.15, -0.1) is 0 Å². The van der Waals surface area contributed by atoms with E-state index in [2.05, 4.69) is 4.90 Å². The van der Waals surface area contributed by atoms with Crippen molar-refractivity contribution in [1.82, 2.24) is 4.90 Å². The lowest BCUT2D eigenvalue weighted by atomic mass is 10.2. The maximum Gasteiger partial charge on any atom is 0.394 e. The molecule has 0 unspecified atom stereocenters. The minimum Gasteiger partial charge on any atom is -0.493 e. The lowest BCUT2D eigenvalue weighted by Gasteiger charge is -2.35. The van der Waals surface area contributed by atoms with Crippen LogP contribution in [0, 0.1) is 0 Å². The topological polar surface area (TPSA) is 79.3 Å². The molecule has 0 atom stereocenters. The molecule has 1 aromatic rings. The van der Waals surface area contributed by atoms with Gasteiger partial charge >= 0.3 is 11.9 Å². The van der Waals surface area contributed by atoms with E-state index in [9.17, 15) is 9.59 Å². The average Bonchev–Trinajstić information content (AvgIpc) is 2.53. The van der Waals surface area contributed by atoms with Gasteiger partial charge in [-0.2, -0.15) is 0 Å². The van der Waals surface area contributed by atoms with E-state index in [-0.39, 0.29) is 0 Å². The number of aliphatic carboxylic acids is 1. The zero-order valence-corrected chi connectivity index (χ0v) is 12.0. The van der Waals surface area contributed by atoms with Gasteiger partial charge in [0.1, 0.15) is 0 Å². The number of carbonyl (C=O) groups is 2. The molecule has 1 N–H and O–H groups in total. The Morgan fingerprint density at radius 2 is 1.67 bits per heavy atom. The summed E-state index contributed by atoms with van der Waals surface area (Å²) in [6.45, 7) is 1.93. The SMILES string of the molecule is COc1ccc(N2CCN(C(=O)C(=O)O)CC2)cc1OC. The Hall–Kier alpha value is -2.44. The highest BCUT2D eigenvalue weighted by Gasteiger charge is 2.25. The van der Waals surface area contributed by atoms with Crippen LogP contribution in [0.1, 0.15) is 0 Å². The number of nitrogens with zero attached hydrogens (tertiary/aromatic N) is 2. The normalized spacial score (nSPS) is 14.8. The zero-order chi connectivity index (χ0) is 15.4. The predicted octanol–water partition coefficient (Wildman–Crippen LogP) is 0.437. The maximum absolute atomic E-state index is 11.4. The molecule has 1 aliphatic rings. The Morgan fingerprint density at radius 1 is 1.05 bits per heavy atom. The number of methoxy groups -OCH3 is 2. The molecule has 1 amide bonds. The lowest BCUT2D eigenvalue weighted by molar-refractivity contribution is -0.156. The second kappa shape index (κ2) is 6.34. The number of hydrogen-bond donors (Lipinski definition) is 1. The molecule has 1 fully saturated rings. The molecule has 7 heteroatoms. The summed E-state index contributed by atoms with van der Waals surface area (Å²) in [5, 5.41) is 8.71. The van der Waals surface area contributed by atoms with E-state index in [1.54, 1.807) is 14.2 Å². The summed E-state index contributed by atoms with van der Waals surface area (Å²) >= 11 is 0. The second-order valence-electron chi connectivity index (χ2n) is 4.62. The number of anilines is 1. The van der Waals surface area contributed by atoms with Crippen LogP contribution < -0.4 is 14.4 Å². The summed E-state index contributed by atoms with van der Waals surface area (Å²) in [7, 11) is 3.15. The van der Waals surface area contributed by atoms with Crippen molar-refractivity contribution in [2.45, 2.75) is 0 Å². The van der Waals surface area contributed by atoms with E-state index in [4.69, 9.17) is 14.6 Å². The van der Waals surface area contributed by atoms with Gasteiger partial charge in [0, 0.05) is 37.9 Å². The van der Waals surface area contributed by atoms with Gasteiger partial charge in [-0.25, -0.2) is 4.79 Å². The number of piperazine rings is 1. The van der Waals surface area contributed by atoms with Crippen molar-refractivity contribution in [2.24, 2.45) is 0 Å². The number of carbonyl (C=O) groups excluding carboxylic acids is 1. The Balaban J connectivity index is 2.05. The van der Waals surface area contributed by atoms with Crippen LogP contribution in [0.5, 0.6) is 11.5 Å². The number of hydrogen-bond acceptors (Lipinski definition) is 5. The van der Waals surface area contributed by atoms with Crippen molar-refractivity contribution >= 4 is 17.6 Å². The van der Waals surface area contributed by atoms with Crippen LogP contribution in [0.3, 0.4) is 0 Å². The van der Waals surface area contributed by atoms with Crippen molar-refractivity contribution in [3.63, 3.8) is 0 Å². The summed E-state index contributed by atoms with van der Waals surface area (Å²) in [4.78, 5) is 25.5. The molecule has 0 aromatic heterocycles. The van der Waals surface area contributed by atoms with Gasteiger partial charge in [-0.05, 0) is 12.1 Å². The molecule has 0 bridgehead atoms. The molecule has 0 aliphatic carbocycles. The number of amides is 1. The Kier molecular flexibility index (Phi) is 4.52.